The number of carbonyl (C=O) groups is 3. The van der Waals surface area contributed by atoms with Gasteiger partial charge in [0, 0.05) is 5.56 Å². The van der Waals surface area contributed by atoms with Gasteiger partial charge in [0.25, 0.3) is 0 Å². The number of carboxylic acid groups (broad SMARTS) is 1. The zero-order valence-corrected chi connectivity index (χ0v) is 14.8. The fraction of sp³-hybridized carbons (Fsp3) is 0.167. The fourth-order valence-electron chi connectivity index (χ4n) is 1.79. The van der Waals surface area contributed by atoms with Crippen LogP contribution in [0.5, 0.6) is 5.75 Å². The minimum Gasteiger partial charge on any atom is -0.475 e. The number of aliphatic carboxylic acids is 1. The molecular weight excluding hydrogens is 424 g/mol. The van der Waals surface area contributed by atoms with Gasteiger partial charge in [-0.1, -0.05) is 0 Å². The van der Waals surface area contributed by atoms with Crippen molar-refractivity contribution in [2.24, 2.45) is 5.73 Å². The van der Waals surface area contributed by atoms with Crippen molar-refractivity contribution in [1.82, 2.24) is 0 Å². The molecule has 30 heavy (non-hydrogen) atoms. The summed E-state index contributed by atoms with van der Waals surface area (Å²) in [6, 6.07) is 9.40. The number of benzene rings is 2. The minimum atomic E-state index is -5.08. The smallest absolute Gasteiger partial charge is 0.475 e. The molecule has 0 spiro atoms. The summed E-state index contributed by atoms with van der Waals surface area (Å²) in [6.07, 6.45) is -9.55. The van der Waals surface area contributed by atoms with Gasteiger partial charge in [-0.25, -0.2) is 9.59 Å². The lowest BCUT2D eigenvalue weighted by Gasteiger charge is -2.08. The van der Waals surface area contributed by atoms with Gasteiger partial charge in [0.15, 0.2) is 5.78 Å². The maximum Gasteiger partial charge on any atom is 0.490 e. The predicted molar refractivity (Wildman–Crippen MR) is 89.9 cm³/mol. The number of nitrogens with two attached hydrogens (primary N) is 1. The first-order valence-corrected chi connectivity index (χ1v) is 7.78. The van der Waals surface area contributed by atoms with E-state index in [0.717, 1.165) is 24.3 Å². The summed E-state index contributed by atoms with van der Waals surface area (Å²) in [4.78, 5) is 32.1. The van der Waals surface area contributed by atoms with Gasteiger partial charge in [-0.3, -0.25) is 4.79 Å². The van der Waals surface area contributed by atoms with Crippen molar-refractivity contribution >= 4 is 17.7 Å². The van der Waals surface area contributed by atoms with E-state index < -0.39 is 29.9 Å². The van der Waals surface area contributed by atoms with Crippen LogP contribution in [-0.4, -0.2) is 35.5 Å². The summed E-state index contributed by atoms with van der Waals surface area (Å²) >= 11 is 0. The van der Waals surface area contributed by atoms with Gasteiger partial charge >= 0.3 is 24.3 Å². The van der Waals surface area contributed by atoms with Gasteiger partial charge < -0.3 is 15.6 Å². The van der Waals surface area contributed by atoms with Crippen LogP contribution in [0.1, 0.15) is 26.3 Å². The Morgan fingerprint density at radius 2 is 1.27 bits per heavy atom. The summed E-state index contributed by atoms with van der Waals surface area (Å²) in [7, 11) is 0. The molecule has 0 aliphatic rings. The van der Waals surface area contributed by atoms with Crippen molar-refractivity contribution in [2.45, 2.75) is 12.4 Å². The summed E-state index contributed by atoms with van der Waals surface area (Å²) in [5.41, 5.74) is 4.74. The Balaban J connectivity index is 0.000000553. The van der Waals surface area contributed by atoms with Crippen molar-refractivity contribution < 1.29 is 50.6 Å². The first-order chi connectivity index (χ1) is 13.8. The van der Waals surface area contributed by atoms with Gasteiger partial charge in [-0.05, 0) is 48.5 Å². The van der Waals surface area contributed by atoms with Crippen molar-refractivity contribution in [2.75, 3.05) is 6.54 Å². The van der Waals surface area contributed by atoms with Crippen LogP contribution in [0.2, 0.25) is 0 Å². The van der Waals surface area contributed by atoms with Gasteiger partial charge in [0.1, 0.15) is 5.75 Å². The predicted octanol–water partition coefficient (Wildman–Crippen LogP) is 3.70. The van der Waals surface area contributed by atoms with Crippen LogP contribution in [0.4, 0.5) is 26.3 Å². The molecular formula is C18H13F6NO5. The number of rotatable bonds is 4. The maximum absolute atomic E-state index is 12.4. The van der Waals surface area contributed by atoms with Gasteiger partial charge in [0.05, 0.1) is 17.7 Å². The molecule has 0 radical (unpaired) electrons. The molecule has 6 nitrogen and oxygen atoms in total. The third-order valence-electron chi connectivity index (χ3n) is 3.26. The number of ketones is 1. The highest BCUT2D eigenvalue weighted by molar-refractivity contribution is 5.97. The second kappa shape index (κ2) is 9.87. The molecule has 2 aromatic carbocycles. The van der Waals surface area contributed by atoms with E-state index in [1.807, 2.05) is 0 Å². The van der Waals surface area contributed by atoms with Crippen LogP contribution in [-0.2, 0) is 11.0 Å². The van der Waals surface area contributed by atoms with Gasteiger partial charge in [-0.15, -0.1) is 0 Å². The molecule has 0 amide bonds. The Kier molecular flexibility index (Phi) is 8.10. The number of carbonyl (C=O) groups excluding carboxylic acids is 2. The summed E-state index contributed by atoms with van der Waals surface area (Å²) in [5, 5.41) is 7.12. The standard InChI is InChI=1S/C16H12F3NO3.C2HF3O2/c17-16(18,19)12-5-1-11(2-6-12)15(22)23-13-7-3-10(4-8-13)14(21)9-20;3-2(4,5)1(6)7/h1-8H,9,20H2;(H,6,7). The van der Waals surface area contributed by atoms with E-state index in [2.05, 4.69) is 0 Å². The van der Waals surface area contributed by atoms with Crippen LogP contribution in [0.25, 0.3) is 0 Å². The SMILES string of the molecule is NCC(=O)c1ccc(OC(=O)c2ccc(C(F)(F)F)cc2)cc1.O=C(O)C(F)(F)F. The van der Waals surface area contributed by atoms with Crippen molar-refractivity contribution in [3.8, 4) is 5.75 Å². The Bertz CT molecular complexity index is 889. The van der Waals surface area contributed by atoms with E-state index in [-0.39, 0.29) is 23.6 Å². The third kappa shape index (κ3) is 7.54. The van der Waals surface area contributed by atoms with Crippen LogP contribution in [0.3, 0.4) is 0 Å². The lowest BCUT2D eigenvalue weighted by Crippen LogP contribution is -2.21. The Morgan fingerprint density at radius 1 is 0.833 bits per heavy atom. The lowest BCUT2D eigenvalue weighted by atomic mass is 10.1. The molecule has 0 aliphatic heterocycles. The van der Waals surface area contributed by atoms with E-state index in [0.29, 0.717) is 5.56 Å². The van der Waals surface area contributed by atoms with Gasteiger partial charge in [-0.2, -0.15) is 26.3 Å². The lowest BCUT2D eigenvalue weighted by molar-refractivity contribution is -0.192. The van der Waals surface area contributed by atoms with E-state index >= 15 is 0 Å². The number of hydrogen-bond donors (Lipinski definition) is 2. The number of halogens is 6. The number of hydrogen-bond acceptors (Lipinski definition) is 5. The summed E-state index contributed by atoms with van der Waals surface area (Å²) in [5.74, 6) is -3.64. The Labute approximate surface area is 164 Å². The molecule has 0 saturated carbocycles. The normalized spacial score (nSPS) is 11.2. The number of ether oxygens (including phenoxy) is 1. The minimum absolute atomic E-state index is 0.0138. The van der Waals surface area contributed by atoms with Crippen LogP contribution < -0.4 is 10.5 Å². The average molecular weight is 437 g/mol. The van der Waals surface area contributed by atoms with E-state index in [1.165, 1.54) is 24.3 Å². The van der Waals surface area contributed by atoms with E-state index in [9.17, 15) is 35.9 Å². The highest BCUT2D eigenvalue weighted by atomic mass is 19.4. The molecule has 2 rings (SSSR count). The zero-order valence-electron chi connectivity index (χ0n) is 14.8. The van der Waals surface area contributed by atoms with Crippen molar-refractivity contribution in [3.05, 3.63) is 65.2 Å². The van der Waals surface area contributed by atoms with E-state index in [4.69, 9.17) is 20.4 Å². The number of alkyl halides is 6. The van der Waals surface area contributed by atoms with Crippen molar-refractivity contribution in [1.29, 1.82) is 0 Å². The first kappa shape index (κ1) is 24.6. The van der Waals surface area contributed by atoms with Crippen LogP contribution in [0.15, 0.2) is 48.5 Å². The summed E-state index contributed by atoms with van der Waals surface area (Å²) in [6.45, 7) is -0.134. The maximum atomic E-state index is 12.4. The monoisotopic (exact) mass is 437 g/mol. The largest absolute Gasteiger partial charge is 0.490 e. The van der Waals surface area contributed by atoms with Crippen LogP contribution >= 0.6 is 0 Å². The first-order valence-electron chi connectivity index (χ1n) is 7.78. The van der Waals surface area contributed by atoms with Gasteiger partial charge in [0.2, 0.25) is 0 Å². The highest BCUT2D eigenvalue weighted by Crippen LogP contribution is 2.29. The van der Waals surface area contributed by atoms with Crippen molar-refractivity contribution in [3.63, 3.8) is 0 Å². The molecule has 12 heteroatoms. The number of Topliss-reactive ketones (excluding diaryl/α,β-unsaturated/α-hetero) is 1. The second-order valence-corrected chi connectivity index (χ2v) is 5.42. The Morgan fingerprint density at radius 3 is 1.63 bits per heavy atom. The quantitative estimate of drug-likeness (QED) is 0.327. The molecule has 0 heterocycles. The topological polar surface area (TPSA) is 107 Å². The summed E-state index contributed by atoms with van der Waals surface area (Å²) < 4.78 is 74.1. The molecule has 0 atom stereocenters. The zero-order chi connectivity index (χ0) is 23.1. The molecule has 3 N–H and O–H groups in total. The molecule has 162 valence electrons. The number of carboxylic acids is 1. The average Bonchev–Trinajstić information content (AvgIpc) is 2.67. The second-order valence-electron chi connectivity index (χ2n) is 5.42. The fourth-order valence-corrected chi connectivity index (χ4v) is 1.79. The molecule has 0 aromatic heterocycles. The third-order valence-corrected chi connectivity index (χ3v) is 3.26. The Hall–Kier alpha value is -3.41. The number of esters is 1. The van der Waals surface area contributed by atoms with E-state index in [1.54, 1.807) is 0 Å². The molecule has 0 aliphatic carbocycles. The van der Waals surface area contributed by atoms with Crippen LogP contribution in [0, 0.1) is 0 Å². The highest BCUT2D eigenvalue weighted by Gasteiger charge is 2.38. The molecule has 0 fully saturated rings. The molecule has 0 unspecified atom stereocenters. The molecule has 2 aromatic rings. The molecule has 0 bridgehead atoms. The molecule has 0 saturated heterocycles.